The van der Waals surface area contributed by atoms with Gasteiger partial charge in [-0.3, -0.25) is 4.90 Å². The quantitative estimate of drug-likeness (QED) is 0.742. The Morgan fingerprint density at radius 3 is 2.42 bits per heavy atom. The second-order valence-electron chi connectivity index (χ2n) is 5.87. The molecule has 0 unspecified atom stereocenters. The summed E-state index contributed by atoms with van der Waals surface area (Å²) in [5.41, 5.74) is 6.37. The number of rotatable bonds is 9. The van der Waals surface area contributed by atoms with Gasteiger partial charge in [-0.15, -0.1) is 0 Å². The lowest BCUT2D eigenvalue weighted by Crippen LogP contribution is -2.54. The van der Waals surface area contributed by atoms with Gasteiger partial charge in [0.15, 0.2) is 0 Å². The molecule has 0 bridgehead atoms. The first-order valence-corrected chi connectivity index (χ1v) is 7.75. The van der Waals surface area contributed by atoms with E-state index >= 15 is 0 Å². The van der Waals surface area contributed by atoms with Gasteiger partial charge in [-0.05, 0) is 37.8 Å². The van der Waals surface area contributed by atoms with Crippen LogP contribution in [0, 0.1) is 0 Å². The average Bonchev–Trinajstić information content (AvgIpc) is 3.12. The number of nitrogens with two attached hydrogens (primary N) is 1. The molecule has 1 aliphatic rings. The summed E-state index contributed by atoms with van der Waals surface area (Å²) in [5.74, 6) is 1.07. The number of hydrogen-bond donors (Lipinski definition) is 1. The van der Waals surface area contributed by atoms with E-state index in [0.717, 1.165) is 18.8 Å². The van der Waals surface area contributed by atoms with E-state index in [1.54, 1.807) is 6.26 Å². The van der Waals surface area contributed by atoms with Gasteiger partial charge in [-0.25, -0.2) is 0 Å². The molecule has 1 aromatic rings. The Bertz CT molecular complexity index is 351. The van der Waals surface area contributed by atoms with E-state index in [-0.39, 0.29) is 5.54 Å². The maximum Gasteiger partial charge on any atom is 0.117 e. The third-order valence-corrected chi connectivity index (χ3v) is 4.31. The largest absolute Gasteiger partial charge is 0.468 e. The van der Waals surface area contributed by atoms with Crippen LogP contribution in [-0.4, -0.2) is 23.0 Å². The van der Waals surface area contributed by atoms with Crippen molar-refractivity contribution in [1.82, 2.24) is 4.90 Å². The van der Waals surface area contributed by atoms with Gasteiger partial charge >= 0.3 is 0 Å². The summed E-state index contributed by atoms with van der Waals surface area (Å²) in [4.78, 5) is 2.64. The van der Waals surface area contributed by atoms with E-state index in [1.165, 1.54) is 38.5 Å². The van der Waals surface area contributed by atoms with Gasteiger partial charge in [0.2, 0.25) is 0 Å². The van der Waals surface area contributed by atoms with Crippen molar-refractivity contribution < 1.29 is 4.42 Å². The molecule has 2 rings (SSSR count). The highest BCUT2D eigenvalue weighted by Crippen LogP contribution is 2.38. The van der Waals surface area contributed by atoms with Gasteiger partial charge in [-0.1, -0.05) is 26.7 Å². The third-order valence-electron chi connectivity index (χ3n) is 4.31. The SMILES string of the molecule is CCCC(CN)(CCC)N(Cc1ccco1)C1CC1. The maximum atomic E-state index is 6.20. The Hall–Kier alpha value is -0.800. The van der Waals surface area contributed by atoms with E-state index < -0.39 is 0 Å². The Labute approximate surface area is 117 Å². The lowest BCUT2D eigenvalue weighted by atomic mass is 9.86. The first-order valence-electron chi connectivity index (χ1n) is 7.75. The van der Waals surface area contributed by atoms with Crippen molar-refractivity contribution >= 4 is 0 Å². The minimum absolute atomic E-state index is 0.164. The molecule has 0 spiro atoms. The van der Waals surface area contributed by atoms with Crippen LogP contribution >= 0.6 is 0 Å². The third kappa shape index (κ3) is 3.40. The molecule has 1 heterocycles. The highest BCUT2D eigenvalue weighted by Gasteiger charge is 2.42. The molecule has 0 aliphatic heterocycles. The van der Waals surface area contributed by atoms with Gasteiger partial charge in [0.1, 0.15) is 5.76 Å². The molecule has 1 aliphatic carbocycles. The van der Waals surface area contributed by atoms with Crippen LogP contribution in [0.25, 0.3) is 0 Å². The number of nitrogens with zero attached hydrogens (tertiary/aromatic N) is 1. The Kier molecular flexibility index (Phi) is 5.06. The molecule has 0 radical (unpaired) electrons. The topological polar surface area (TPSA) is 42.4 Å². The lowest BCUT2D eigenvalue weighted by molar-refractivity contribution is 0.0513. The van der Waals surface area contributed by atoms with Crippen molar-refractivity contribution in [2.45, 2.75) is 70.5 Å². The zero-order chi connectivity index (χ0) is 13.7. The molecule has 0 saturated heterocycles. The van der Waals surface area contributed by atoms with Crippen LogP contribution in [0.4, 0.5) is 0 Å². The van der Waals surface area contributed by atoms with Crippen molar-refractivity contribution in [3.8, 4) is 0 Å². The Morgan fingerprint density at radius 2 is 2.00 bits per heavy atom. The highest BCUT2D eigenvalue weighted by atomic mass is 16.3. The molecule has 0 atom stereocenters. The van der Waals surface area contributed by atoms with Crippen LogP contribution in [0.5, 0.6) is 0 Å². The first kappa shape index (κ1) is 14.6. The first-order chi connectivity index (χ1) is 9.25. The average molecular weight is 264 g/mol. The fourth-order valence-electron chi connectivity index (χ4n) is 3.31. The van der Waals surface area contributed by atoms with Crippen molar-refractivity contribution in [3.63, 3.8) is 0 Å². The number of hydrogen-bond acceptors (Lipinski definition) is 3. The van der Waals surface area contributed by atoms with Crippen molar-refractivity contribution in [2.24, 2.45) is 5.73 Å². The molecule has 0 amide bonds. The van der Waals surface area contributed by atoms with Crippen LogP contribution in [0.2, 0.25) is 0 Å². The van der Waals surface area contributed by atoms with Crippen molar-refractivity contribution in [3.05, 3.63) is 24.2 Å². The molecule has 1 saturated carbocycles. The van der Waals surface area contributed by atoms with E-state index in [9.17, 15) is 0 Å². The molecule has 3 heteroatoms. The van der Waals surface area contributed by atoms with Crippen molar-refractivity contribution in [2.75, 3.05) is 6.54 Å². The van der Waals surface area contributed by atoms with E-state index in [2.05, 4.69) is 24.8 Å². The summed E-state index contributed by atoms with van der Waals surface area (Å²) in [5, 5.41) is 0. The smallest absolute Gasteiger partial charge is 0.117 e. The van der Waals surface area contributed by atoms with Crippen LogP contribution in [0.1, 0.15) is 58.1 Å². The molecule has 19 heavy (non-hydrogen) atoms. The van der Waals surface area contributed by atoms with Crippen LogP contribution in [0.3, 0.4) is 0 Å². The molecule has 0 aromatic carbocycles. The molecule has 2 N–H and O–H groups in total. The monoisotopic (exact) mass is 264 g/mol. The van der Waals surface area contributed by atoms with Gasteiger partial charge in [0.05, 0.1) is 12.8 Å². The minimum atomic E-state index is 0.164. The van der Waals surface area contributed by atoms with Gasteiger partial charge in [-0.2, -0.15) is 0 Å². The summed E-state index contributed by atoms with van der Waals surface area (Å²) in [6, 6.07) is 4.77. The van der Waals surface area contributed by atoms with E-state index in [0.29, 0.717) is 6.04 Å². The Balaban J connectivity index is 2.17. The molecule has 3 nitrogen and oxygen atoms in total. The van der Waals surface area contributed by atoms with Crippen LogP contribution in [-0.2, 0) is 6.54 Å². The summed E-state index contributed by atoms with van der Waals surface area (Å²) >= 11 is 0. The highest BCUT2D eigenvalue weighted by molar-refractivity contribution is 5.05. The standard InChI is InChI=1S/C16H28N2O/c1-3-9-16(13-17,10-4-2)18(14-7-8-14)12-15-6-5-11-19-15/h5-6,11,14H,3-4,7-10,12-13,17H2,1-2H3. The lowest BCUT2D eigenvalue weighted by Gasteiger charge is -2.44. The predicted octanol–water partition coefficient (Wildman–Crippen LogP) is 3.54. The second kappa shape index (κ2) is 6.58. The molecular formula is C16H28N2O. The van der Waals surface area contributed by atoms with Crippen LogP contribution in [0.15, 0.2) is 22.8 Å². The van der Waals surface area contributed by atoms with E-state index in [1.807, 2.05) is 6.07 Å². The summed E-state index contributed by atoms with van der Waals surface area (Å²) in [6.07, 6.45) is 9.16. The summed E-state index contributed by atoms with van der Waals surface area (Å²) in [6.45, 7) is 6.19. The molecule has 108 valence electrons. The molecule has 1 fully saturated rings. The number of furan rings is 1. The summed E-state index contributed by atoms with van der Waals surface area (Å²) in [7, 11) is 0. The zero-order valence-corrected chi connectivity index (χ0v) is 12.4. The second-order valence-corrected chi connectivity index (χ2v) is 5.87. The van der Waals surface area contributed by atoms with E-state index in [4.69, 9.17) is 10.2 Å². The molecular weight excluding hydrogens is 236 g/mol. The molecule has 1 aromatic heterocycles. The fraction of sp³-hybridized carbons (Fsp3) is 0.750. The minimum Gasteiger partial charge on any atom is -0.468 e. The van der Waals surface area contributed by atoms with Gasteiger partial charge in [0, 0.05) is 18.1 Å². The Morgan fingerprint density at radius 1 is 1.32 bits per heavy atom. The summed E-state index contributed by atoms with van der Waals surface area (Å²) < 4.78 is 5.56. The normalized spacial score (nSPS) is 16.2. The maximum absolute atomic E-state index is 6.20. The van der Waals surface area contributed by atoms with Crippen LogP contribution < -0.4 is 5.73 Å². The van der Waals surface area contributed by atoms with Crippen molar-refractivity contribution in [1.29, 1.82) is 0 Å². The zero-order valence-electron chi connectivity index (χ0n) is 12.4. The van der Waals surface area contributed by atoms with Gasteiger partial charge < -0.3 is 10.2 Å². The van der Waals surface area contributed by atoms with Gasteiger partial charge in [0.25, 0.3) is 0 Å². The fourth-order valence-corrected chi connectivity index (χ4v) is 3.31. The predicted molar refractivity (Wildman–Crippen MR) is 78.9 cm³/mol.